The predicted octanol–water partition coefficient (Wildman–Crippen LogP) is 4.46. The molecule has 1 N–H and O–H groups in total. The fourth-order valence-electron chi connectivity index (χ4n) is 3.43. The summed E-state index contributed by atoms with van der Waals surface area (Å²) in [5.74, 6) is -0.385. The molecule has 0 saturated carbocycles. The number of aromatic nitrogens is 1. The Morgan fingerprint density at radius 2 is 1.71 bits per heavy atom. The van der Waals surface area contributed by atoms with Crippen molar-refractivity contribution in [1.29, 1.82) is 0 Å². The summed E-state index contributed by atoms with van der Waals surface area (Å²) >= 11 is 0. The van der Waals surface area contributed by atoms with Crippen LogP contribution in [0.4, 0.5) is 5.69 Å². The summed E-state index contributed by atoms with van der Waals surface area (Å²) in [6.45, 7) is 10.4. The van der Waals surface area contributed by atoms with Gasteiger partial charge in [0.1, 0.15) is 12.2 Å². The molecule has 5 heteroatoms. The molecule has 0 atom stereocenters. The van der Waals surface area contributed by atoms with Crippen LogP contribution in [-0.2, 0) is 12.8 Å². The minimum atomic E-state index is -0.385. The third-order valence-electron chi connectivity index (χ3n) is 5.01. The lowest BCUT2D eigenvalue weighted by atomic mass is 10.0. The van der Waals surface area contributed by atoms with Crippen molar-refractivity contribution in [3.8, 4) is 0 Å². The number of nitrogens with one attached hydrogen (secondary N) is 1. The van der Waals surface area contributed by atoms with Gasteiger partial charge >= 0.3 is 0 Å². The van der Waals surface area contributed by atoms with Crippen molar-refractivity contribution < 1.29 is 9.63 Å². The van der Waals surface area contributed by atoms with Gasteiger partial charge in [0.15, 0.2) is 5.43 Å². The number of hydrogen-bond donors (Lipinski definition) is 1. The van der Waals surface area contributed by atoms with Crippen molar-refractivity contribution in [3.63, 3.8) is 0 Å². The van der Waals surface area contributed by atoms with Crippen molar-refractivity contribution >= 4 is 11.6 Å². The van der Waals surface area contributed by atoms with E-state index in [0.717, 1.165) is 48.9 Å². The molecule has 0 aliphatic rings. The van der Waals surface area contributed by atoms with Gasteiger partial charge in [0.25, 0.3) is 5.91 Å². The summed E-state index contributed by atoms with van der Waals surface area (Å²) in [5.41, 5.74) is 4.02. The fraction of sp³-hybridized carbons (Fsp3) is 0.478. The van der Waals surface area contributed by atoms with Crippen LogP contribution in [-0.4, -0.2) is 17.2 Å². The Morgan fingerprint density at radius 3 is 2.29 bits per heavy atom. The fourth-order valence-corrected chi connectivity index (χ4v) is 3.43. The number of pyridine rings is 1. The third-order valence-corrected chi connectivity index (χ3v) is 5.01. The SMILES string of the molecule is CCCCCOn1c(C)cc(=O)c(C(=O)Nc2c(CC)cccc2CC)c1C. The summed E-state index contributed by atoms with van der Waals surface area (Å²) in [5, 5.41) is 2.99. The van der Waals surface area contributed by atoms with Crippen molar-refractivity contribution in [1.82, 2.24) is 4.73 Å². The topological polar surface area (TPSA) is 60.3 Å². The molecule has 1 aromatic carbocycles. The van der Waals surface area contributed by atoms with Crippen molar-refractivity contribution in [3.05, 3.63) is 62.6 Å². The van der Waals surface area contributed by atoms with E-state index in [1.165, 1.54) is 6.07 Å². The molecule has 1 amide bonds. The van der Waals surface area contributed by atoms with Gasteiger partial charge in [-0.25, -0.2) is 0 Å². The van der Waals surface area contributed by atoms with Gasteiger partial charge in [0.2, 0.25) is 0 Å². The van der Waals surface area contributed by atoms with E-state index >= 15 is 0 Å². The molecule has 0 spiro atoms. The molecule has 1 aromatic heterocycles. The van der Waals surface area contributed by atoms with Crippen LogP contribution >= 0.6 is 0 Å². The lowest BCUT2D eigenvalue weighted by molar-refractivity contribution is 0.0919. The lowest BCUT2D eigenvalue weighted by Gasteiger charge is -2.19. The minimum Gasteiger partial charge on any atom is -0.414 e. The minimum absolute atomic E-state index is 0.133. The van der Waals surface area contributed by atoms with Crippen LogP contribution in [0.15, 0.2) is 29.1 Å². The van der Waals surface area contributed by atoms with Gasteiger partial charge in [-0.1, -0.05) is 51.8 Å². The first kappa shape index (κ1) is 21.7. The number of benzene rings is 1. The van der Waals surface area contributed by atoms with Gasteiger partial charge in [-0.2, -0.15) is 4.73 Å². The van der Waals surface area contributed by atoms with Crippen molar-refractivity contribution in [2.45, 2.75) is 66.7 Å². The molecule has 2 rings (SSSR count). The number of carbonyl (C=O) groups excluding carboxylic acids is 1. The Bertz CT molecular complexity index is 862. The van der Waals surface area contributed by atoms with Gasteiger partial charge in [0, 0.05) is 11.8 Å². The Kier molecular flexibility index (Phi) is 7.85. The zero-order valence-corrected chi connectivity index (χ0v) is 17.7. The third kappa shape index (κ3) is 4.83. The van der Waals surface area contributed by atoms with Crippen LogP contribution in [0, 0.1) is 13.8 Å². The number of hydrogen-bond acceptors (Lipinski definition) is 3. The number of unbranched alkanes of at least 4 members (excludes halogenated alkanes) is 2. The number of rotatable bonds is 9. The number of carbonyl (C=O) groups is 1. The molecule has 0 aliphatic carbocycles. The molecule has 5 nitrogen and oxygen atoms in total. The zero-order valence-electron chi connectivity index (χ0n) is 17.7. The average molecular weight is 385 g/mol. The number of aryl methyl sites for hydroxylation is 3. The van der Waals surface area contributed by atoms with E-state index in [0.29, 0.717) is 18.0 Å². The summed E-state index contributed by atoms with van der Waals surface area (Å²) in [7, 11) is 0. The number of amides is 1. The van der Waals surface area contributed by atoms with Crippen LogP contribution < -0.4 is 15.6 Å². The Hall–Kier alpha value is -2.56. The van der Waals surface area contributed by atoms with Crippen LogP contribution in [0.25, 0.3) is 0 Å². The quantitative estimate of drug-likeness (QED) is 0.649. The largest absolute Gasteiger partial charge is 0.414 e. The highest BCUT2D eigenvalue weighted by Crippen LogP contribution is 2.23. The standard InChI is InChI=1S/C23H32N2O3/c1-6-9-10-14-28-25-16(4)15-20(26)21(17(25)5)23(27)24-22-18(7-2)12-11-13-19(22)8-3/h11-13,15H,6-10,14H2,1-5H3,(H,24,27). The first-order valence-corrected chi connectivity index (χ1v) is 10.2. The van der Waals surface area contributed by atoms with Gasteiger partial charge in [-0.3, -0.25) is 9.59 Å². The van der Waals surface area contributed by atoms with Crippen LogP contribution in [0.2, 0.25) is 0 Å². The second-order valence-corrected chi connectivity index (χ2v) is 7.06. The predicted molar refractivity (Wildman–Crippen MR) is 114 cm³/mol. The maximum atomic E-state index is 13.1. The molecule has 2 aromatic rings. The Balaban J connectivity index is 2.37. The molecule has 0 bridgehead atoms. The first-order chi connectivity index (χ1) is 13.4. The van der Waals surface area contributed by atoms with Gasteiger partial charge in [-0.05, 0) is 44.2 Å². The molecule has 28 heavy (non-hydrogen) atoms. The molecule has 0 fully saturated rings. The van der Waals surface area contributed by atoms with E-state index in [9.17, 15) is 9.59 Å². The highest BCUT2D eigenvalue weighted by atomic mass is 16.7. The van der Waals surface area contributed by atoms with E-state index in [-0.39, 0.29) is 16.9 Å². The zero-order chi connectivity index (χ0) is 20.7. The van der Waals surface area contributed by atoms with Gasteiger partial charge in [0.05, 0.1) is 11.4 Å². The number of anilines is 1. The summed E-state index contributed by atoms with van der Waals surface area (Å²) < 4.78 is 1.61. The summed E-state index contributed by atoms with van der Waals surface area (Å²) in [4.78, 5) is 31.5. The number of nitrogens with zero attached hydrogens (tertiary/aromatic N) is 1. The smallest absolute Gasteiger partial charge is 0.261 e. The second kappa shape index (κ2) is 10.1. The van der Waals surface area contributed by atoms with Gasteiger partial charge in [-0.15, -0.1) is 0 Å². The molecule has 152 valence electrons. The van der Waals surface area contributed by atoms with Crippen LogP contribution in [0.1, 0.15) is 72.9 Å². The first-order valence-electron chi connectivity index (χ1n) is 10.2. The van der Waals surface area contributed by atoms with Crippen molar-refractivity contribution in [2.24, 2.45) is 0 Å². The van der Waals surface area contributed by atoms with Crippen molar-refractivity contribution in [2.75, 3.05) is 11.9 Å². The second-order valence-electron chi connectivity index (χ2n) is 7.06. The van der Waals surface area contributed by atoms with Crippen LogP contribution in [0.5, 0.6) is 0 Å². The summed E-state index contributed by atoms with van der Waals surface area (Å²) in [6.07, 6.45) is 4.74. The average Bonchev–Trinajstić information content (AvgIpc) is 2.67. The van der Waals surface area contributed by atoms with E-state index in [1.807, 2.05) is 25.1 Å². The molecule has 1 heterocycles. The Morgan fingerprint density at radius 1 is 1.07 bits per heavy atom. The van der Waals surface area contributed by atoms with E-state index in [1.54, 1.807) is 11.7 Å². The highest BCUT2D eigenvalue weighted by molar-refractivity contribution is 6.05. The van der Waals surface area contributed by atoms with E-state index in [2.05, 4.69) is 26.1 Å². The maximum Gasteiger partial charge on any atom is 0.261 e. The normalized spacial score (nSPS) is 10.8. The van der Waals surface area contributed by atoms with E-state index < -0.39 is 0 Å². The highest BCUT2D eigenvalue weighted by Gasteiger charge is 2.20. The number of para-hydroxylation sites is 1. The molecular weight excluding hydrogens is 352 g/mol. The lowest BCUT2D eigenvalue weighted by Crippen LogP contribution is -2.30. The van der Waals surface area contributed by atoms with Gasteiger partial charge < -0.3 is 10.2 Å². The molecule has 0 aliphatic heterocycles. The Labute approximate surface area is 167 Å². The maximum absolute atomic E-state index is 13.1. The van der Waals surface area contributed by atoms with E-state index in [4.69, 9.17) is 4.84 Å². The van der Waals surface area contributed by atoms with Crippen LogP contribution in [0.3, 0.4) is 0 Å². The summed E-state index contributed by atoms with van der Waals surface area (Å²) in [6, 6.07) is 7.48. The monoisotopic (exact) mass is 384 g/mol. The molecular formula is C23H32N2O3. The molecule has 0 unspecified atom stereocenters. The molecule has 0 saturated heterocycles. The molecule has 0 radical (unpaired) electrons.